The molecule has 1 aromatic heterocycles. The second kappa shape index (κ2) is 7.24. The molecule has 0 spiro atoms. The Balaban J connectivity index is 1.57. The van der Waals surface area contributed by atoms with E-state index in [1.165, 1.54) is 0 Å². The van der Waals surface area contributed by atoms with Gasteiger partial charge in [-0.05, 0) is 30.7 Å². The third kappa shape index (κ3) is 4.07. The molecule has 1 amide bonds. The first-order valence-corrected chi connectivity index (χ1v) is 7.72. The van der Waals surface area contributed by atoms with Crippen LogP contribution in [-0.2, 0) is 9.53 Å². The molecule has 120 valence electrons. The van der Waals surface area contributed by atoms with Crippen LogP contribution >= 0.6 is 0 Å². The molecule has 0 N–H and O–H groups in total. The lowest BCUT2D eigenvalue weighted by molar-refractivity contribution is -0.141. The summed E-state index contributed by atoms with van der Waals surface area (Å²) in [7, 11) is 0. The van der Waals surface area contributed by atoms with Crippen LogP contribution in [0.4, 0.5) is 0 Å². The molecule has 1 aliphatic heterocycles. The molecular weight excluding hydrogens is 292 g/mol. The van der Waals surface area contributed by atoms with Crippen molar-refractivity contribution >= 4 is 5.91 Å². The fourth-order valence-electron chi connectivity index (χ4n) is 2.48. The molecule has 0 unspecified atom stereocenters. The number of pyridine rings is 1. The van der Waals surface area contributed by atoms with Crippen molar-refractivity contribution in [2.45, 2.75) is 13.0 Å². The largest absolute Gasteiger partial charge is 0.484 e. The number of carbonyl (C=O) groups excluding carboxylic acids is 1. The van der Waals surface area contributed by atoms with Crippen LogP contribution in [0.1, 0.15) is 17.4 Å². The van der Waals surface area contributed by atoms with Crippen LogP contribution in [-0.4, -0.2) is 42.1 Å². The second-order valence-corrected chi connectivity index (χ2v) is 5.56. The first-order chi connectivity index (χ1) is 11.2. The summed E-state index contributed by atoms with van der Waals surface area (Å²) in [5, 5.41) is 0. The van der Waals surface area contributed by atoms with Gasteiger partial charge in [-0.15, -0.1) is 0 Å². The molecule has 1 saturated heterocycles. The van der Waals surface area contributed by atoms with E-state index in [-0.39, 0.29) is 18.6 Å². The molecule has 1 aromatic carbocycles. The Bertz CT molecular complexity index is 643. The number of para-hydroxylation sites is 1. The van der Waals surface area contributed by atoms with Gasteiger partial charge in [0.2, 0.25) is 0 Å². The normalized spacial score (nSPS) is 17.8. The zero-order valence-electron chi connectivity index (χ0n) is 13.1. The highest BCUT2D eigenvalue weighted by Gasteiger charge is 2.26. The average Bonchev–Trinajstić information content (AvgIpc) is 2.61. The maximum absolute atomic E-state index is 12.3. The van der Waals surface area contributed by atoms with Crippen LogP contribution in [0.3, 0.4) is 0 Å². The number of carbonyl (C=O) groups is 1. The highest BCUT2D eigenvalue weighted by Crippen LogP contribution is 2.21. The molecule has 0 radical (unpaired) electrons. The minimum Gasteiger partial charge on any atom is -0.484 e. The minimum atomic E-state index is -0.176. The van der Waals surface area contributed by atoms with Crippen molar-refractivity contribution in [3.8, 4) is 5.75 Å². The summed E-state index contributed by atoms with van der Waals surface area (Å²) in [5.74, 6) is 0.667. The molecule has 1 atom stereocenters. The molecule has 0 aliphatic carbocycles. The Morgan fingerprint density at radius 1 is 1.30 bits per heavy atom. The van der Waals surface area contributed by atoms with E-state index in [1.807, 2.05) is 55.6 Å². The topological polar surface area (TPSA) is 51.7 Å². The predicted molar refractivity (Wildman–Crippen MR) is 86.2 cm³/mol. The number of ether oxygens (including phenoxy) is 2. The molecule has 1 fully saturated rings. The Morgan fingerprint density at radius 2 is 2.13 bits per heavy atom. The van der Waals surface area contributed by atoms with Crippen molar-refractivity contribution in [3.05, 3.63) is 59.9 Å². The zero-order valence-corrected chi connectivity index (χ0v) is 13.1. The van der Waals surface area contributed by atoms with Crippen LogP contribution in [0.25, 0.3) is 0 Å². The average molecular weight is 312 g/mol. The first-order valence-electron chi connectivity index (χ1n) is 7.72. The number of morpholine rings is 1. The molecule has 1 aliphatic rings. The maximum atomic E-state index is 12.3. The van der Waals surface area contributed by atoms with Gasteiger partial charge >= 0.3 is 0 Å². The Labute approximate surface area is 135 Å². The van der Waals surface area contributed by atoms with Gasteiger partial charge in [-0.2, -0.15) is 0 Å². The van der Waals surface area contributed by atoms with Gasteiger partial charge in [0.1, 0.15) is 11.9 Å². The number of amides is 1. The number of aromatic nitrogens is 1. The van der Waals surface area contributed by atoms with Gasteiger partial charge < -0.3 is 14.4 Å². The molecule has 2 heterocycles. The summed E-state index contributed by atoms with van der Waals surface area (Å²) in [6.07, 6.45) is 1.64. The number of hydrogen-bond acceptors (Lipinski definition) is 4. The molecule has 5 heteroatoms. The van der Waals surface area contributed by atoms with Gasteiger partial charge in [0.15, 0.2) is 6.61 Å². The Hall–Kier alpha value is -2.40. The zero-order chi connectivity index (χ0) is 16.1. The maximum Gasteiger partial charge on any atom is 0.260 e. The van der Waals surface area contributed by atoms with Crippen LogP contribution in [0.15, 0.2) is 48.7 Å². The third-order valence-corrected chi connectivity index (χ3v) is 3.79. The van der Waals surface area contributed by atoms with Gasteiger partial charge in [-0.3, -0.25) is 9.78 Å². The Kier molecular flexibility index (Phi) is 4.88. The lowest BCUT2D eigenvalue weighted by Gasteiger charge is -2.32. The quantitative estimate of drug-likeness (QED) is 0.870. The third-order valence-electron chi connectivity index (χ3n) is 3.79. The summed E-state index contributed by atoms with van der Waals surface area (Å²) >= 11 is 0. The SMILES string of the molecule is Cc1ccc([C@@H]2CN(C(=O)COc3ccccc3)CCO2)nc1. The van der Waals surface area contributed by atoms with Crippen molar-refractivity contribution in [2.75, 3.05) is 26.3 Å². The summed E-state index contributed by atoms with van der Waals surface area (Å²) in [4.78, 5) is 18.5. The predicted octanol–water partition coefficient (Wildman–Crippen LogP) is 2.37. The molecular formula is C18H20N2O3. The van der Waals surface area contributed by atoms with E-state index in [2.05, 4.69) is 4.98 Å². The molecule has 23 heavy (non-hydrogen) atoms. The fourth-order valence-corrected chi connectivity index (χ4v) is 2.48. The number of nitrogens with zero attached hydrogens (tertiary/aromatic N) is 2. The number of rotatable bonds is 4. The van der Waals surface area contributed by atoms with E-state index in [9.17, 15) is 4.79 Å². The lowest BCUT2D eigenvalue weighted by Crippen LogP contribution is -2.44. The van der Waals surface area contributed by atoms with E-state index < -0.39 is 0 Å². The lowest BCUT2D eigenvalue weighted by atomic mass is 10.1. The summed E-state index contributed by atoms with van der Waals surface area (Å²) in [6, 6.07) is 13.3. The van der Waals surface area contributed by atoms with Gasteiger partial charge in [0.25, 0.3) is 5.91 Å². The van der Waals surface area contributed by atoms with E-state index in [0.717, 1.165) is 11.3 Å². The summed E-state index contributed by atoms with van der Waals surface area (Å²) in [5.41, 5.74) is 1.96. The molecule has 2 aromatic rings. The van der Waals surface area contributed by atoms with E-state index in [1.54, 1.807) is 4.90 Å². The molecule has 0 saturated carbocycles. The minimum absolute atomic E-state index is 0.0331. The number of aryl methyl sites for hydroxylation is 1. The molecule has 5 nitrogen and oxygen atoms in total. The van der Waals surface area contributed by atoms with Crippen molar-refractivity contribution < 1.29 is 14.3 Å². The summed E-state index contributed by atoms with van der Waals surface area (Å²) in [6.45, 7) is 3.64. The van der Waals surface area contributed by atoms with Gasteiger partial charge in [-0.25, -0.2) is 0 Å². The van der Waals surface area contributed by atoms with E-state index in [0.29, 0.717) is 25.4 Å². The highest BCUT2D eigenvalue weighted by molar-refractivity contribution is 5.77. The fraction of sp³-hybridized carbons (Fsp3) is 0.333. The number of benzene rings is 1. The van der Waals surface area contributed by atoms with Crippen LogP contribution in [0, 0.1) is 6.92 Å². The Morgan fingerprint density at radius 3 is 2.87 bits per heavy atom. The number of hydrogen-bond donors (Lipinski definition) is 0. The van der Waals surface area contributed by atoms with Crippen molar-refractivity contribution in [2.24, 2.45) is 0 Å². The summed E-state index contributed by atoms with van der Waals surface area (Å²) < 4.78 is 11.3. The van der Waals surface area contributed by atoms with Crippen LogP contribution < -0.4 is 4.74 Å². The van der Waals surface area contributed by atoms with Crippen molar-refractivity contribution in [3.63, 3.8) is 0 Å². The molecule has 0 bridgehead atoms. The molecule has 3 rings (SSSR count). The van der Waals surface area contributed by atoms with Gasteiger partial charge in [0, 0.05) is 12.7 Å². The van der Waals surface area contributed by atoms with Crippen LogP contribution in [0.5, 0.6) is 5.75 Å². The van der Waals surface area contributed by atoms with Crippen molar-refractivity contribution in [1.82, 2.24) is 9.88 Å². The van der Waals surface area contributed by atoms with Crippen LogP contribution in [0.2, 0.25) is 0 Å². The first kappa shape index (κ1) is 15.5. The highest BCUT2D eigenvalue weighted by atomic mass is 16.5. The van der Waals surface area contributed by atoms with Gasteiger partial charge in [0.05, 0.1) is 18.8 Å². The van der Waals surface area contributed by atoms with E-state index >= 15 is 0 Å². The van der Waals surface area contributed by atoms with Crippen molar-refractivity contribution in [1.29, 1.82) is 0 Å². The standard InChI is InChI=1S/C18H20N2O3/c1-14-7-8-16(19-11-14)17-12-20(9-10-22-17)18(21)13-23-15-5-3-2-4-6-15/h2-8,11,17H,9-10,12-13H2,1H3/t17-/m0/s1. The monoisotopic (exact) mass is 312 g/mol. The van der Waals surface area contributed by atoms with Gasteiger partial charge in [-0.1, -0.05) is 24.3 Å². The second-order valence-electron chi connectivity index (χ2n) is 5.56. The van der Waals surface area contributed by atoms with E-state index in [4.69, 9.17) is 9.47 Å². The smallest absolute Gasteiger partial charge is 0.260 e.